The van der Waals surface area contributed by atoms with E-state index in [1.54, 1.807) is 14.2 Å². The van der Waals surface area contributed by atoms with Crippen molar-refractivity contribution in [3.63, 3.8) is 0 Å². The average molecular weight is 316 g/mol. The Kier molecular flexibility index (Phi) is 5.90. The van der Waals surface area contributed by atoms with Gasteiger partial charge in [-0.25, -0.2) is 0 Å². The smallest absolute Gasteiger partial charge is 0.161 e. The molecular formula is C19H28N2O2. The number of hydrogen-bond acceptors (Lipinski definition) is 4. The number of hydrogen-bond donors (Lipinski definition) is 1. The van der Waals surface area contributed by atoms with Crippen LogP contribution in [0.1, 0.15) is 38.7 Å². The fourth-order valence-electron chi connectivity index (χ4n) is 3.59. The summed E-state index contributed by atoms with van der Waals surface area (Å²) in [6, 6.07) is 8.53. The molecular weight excluding hydrogens is 288 g/mol. The van der Waals surface area contributed by atoms with Crippen molar-refractivity contribution in [1.29, 1.82) is 5.26 Å². The number of nitrogens with one attached hydrogen (secondary N) is 1. The van der Waals surface area contributed by atoms with Gasteiger partial charge < -0.3 is 14.8 Å². The van der Waals surface area contributed by atoms with E-state index in [9.17, 15) is 5.26 Å². The number of ether oxygens (including phenoxy) is 2. The van der Waals surface area contributed by atoms with Crippen molar-refractivity contribution >= 4 is 0 Å². The summed E-state index contributed by atoms with van der Waals surface area (Å²) in [5, 5.41) is 13.5. The SMILES string of the molecule is COc1ccc(C(C#N)(CC2CCCNC2)C(C)C)cc1OC. The molecule has 1 aliphatic rings. The molecule has 23 heavy (non-hydrogen) atoms. The van der Waals surface area contributed by atoms with Crippen LogP contribution in [0.25, 0.3) is 0 Å². The highest BCUT2D eigenvalue weighted by Crippen LogP contribution is 2.42. The molecule has 126 valence electrons. The summed E-state index contributed by atoms with van der Waals surface area (Å²) in [5.74, 6) is 2.16. The molecule has 0 bridgehead atoms. The Hall–Kier alpha value is -1.73. The molecule has 0 spiro atoms. The Morgan fingerprint density at radius 3 is 2.57 bits per heavy atom. The zero-order valence-electron chi connectivity index (χ0n) is 14.7. The molecule has 2 unspecified atom stereocenters. The molecule has 0 aromatic heterocycles. The van der Waals surface area contributed by atoms with E-state index in [1.807, 2.05) is 18.2 Å². The summed E-state index contributed by atoms with van der Waals surface area (Å²) >= 11 is 0. The second-order valence-electron chi connectivity index (χ2n) is 6.72. The van der Waals surface area contributed by atoms with E-state index >= 15 is 0 Å². The van der Waals surface area contributed by atoms with Crippen LogP contribution in [0.15, 0.2) is 18.2 Å². The van der Waals surface area contributed by atoms with Gasteiger partial charge in [0, 0.05) is 0 Å². The minimum absolute atomic E-state index is 0.229. The number of benzene rings is 1. The van der Waals surface area contributed by atoms with Crippen molar-refractivity contribution in [2.24, 2.45) is 11.8 Å². The zero-order valence-corrected chi connectivity index (χ0v) is 14.7. The number of rotatable bonds is 6. The third kappa shape index (κ3) is 3.61. The third-order valence-corrected chi connectivity index (χ3v) is 5.09. The van der Waals surface area contributed by atoms with Gasteiger partial charge in [-0.2, -0.15) is 5.26 Å². The van der Waals surface area contributed by atoms with Crippen molar-refractivity contribution in [3.05, 3.63) is 23.8 Å². The van der Waals surface area contributed by atoms with Crippen LogP contribution in [0.3, 0.4) is 0 Å². The lowest BCUT2D eigenvalue weighted by atomic mass is 9.66. The first kappa shape index (κ1) is 17.6. The highest BCUT2D eigenvalue weighted by Gasteiger charge is 2.39. The summed E-state index contributed by atoms with van der Waals surface area (Å²) in [6.45, 7) is 6.36. The van der Waals surface area contributed by atoms with Crippen LogP contribution in [-0.2, 0) is 5.41 Å². The lowest BCUT2D eigenvalue weighted by Gasteiger charge is -2.36. The molecule has 2 rings (SSSR count). The average Bonchev–Trinajstić information content (AvgIpc) is 2.59. The van der Waals surface area contributed by atoms with Gasteiger partial charge in [0.2, 0.25) is 0 Å². The maximum absolute atomic E-state index is 10.1. The van der Waals surface area contributed by atoms with Crippen LogP contribution in [0.5, 0.6) is 11.5 Å². The molecule has 1 aromatic carbocycles. The summed E-state index contributed by atoms with van der Waals surface area (Å²) in [5.41, 5.74) is 0.529. The van der Waals surface area contributed by atoms with E-state index in [4.69, 9.17) is 9.47 Å². The summed E-state index contributed by atoms with van der Waals surface area (Å²) in [6.07, 6.45) is 3.26. The molecule has 1 heterocycles. The highest BCUT2D eigenvalue weighted by atomic mass is 16.5. The Balaban J connectivity index is 2.39. The first-order chi connectivity index (χ1) is 11.1. The Morgan fingerprint density at radius 2 is 2.04 bits per heavy atom. The van der Waals surface area contributed by atoms with Gasteiger partial charge in [-0.1, -0.05) is 19.9 Å². The van der Waals surface area contributed by atoms with Crippen LogP contribution in [0.4, 0.5) is 0 Å². The molecule has 2 atom stereocenters. The predicted octanol–water partition coefficient (Wildman–Crippen LogP) is 3.51. The van der Waals surface area contributed by atoms with E-state index in [1.165, 1.54) is 12.8 Å². The van der Waals surface area contributed by atoms with Crippen molar-refractivity contribution < 1.29 is 9.47 Å². The van der Waals surface area contributed by atoms with Gasteiger partial charge in [-0.05, 0) is 61.9 Å². The van der Waals surface area contributed by atoms with E-state index in [2.05, 4.69) is 25.2 Å². The van der Waals surface area contributed by atoms with Crippen LogP contribution in [0, 0.1) is 23.2 Å². The minimum atomic E-state index is -0.497. The van der Waals surface area contributed by atoms with E-state index < -0.39 is 5.41 Å². The summed E-state index contributed by atoms with van der Waals surface area (Å²) in [4.78, 5) is 0. The summed E-state index contributed by atoms with van der Waals surface area (Å²) < 4.78 is 10.8. The van der Waals surface area contributed by atoms with E-state index in [0.717, 1.165) is 25.1 Å². The second kappa shape index (κ2) is 7.70. The molecule has 0 aliphatic carbocycles. The van der Waals surface area contributed by atoms with Gasteiger partial charge in [-0.15, -0.1) is 0 Å². The largest absolute Gasteiger partial charge is 0.493 e. The van der Waals surface area contributed by atoms with Crippen LogP contribution < -0.4 is 14.8 Å². The van der Waals surface area contributed by atoms with Crippen molar-refractivity contribution in [1.82, 2.24) is 5.32 Å². The van der Waals surface area contributed by atoms with Crippen molar-refractivity contribution in [3.8, 4) is 17.6 Å². The normalized spacial score (nSPS) is 20.6. The lowest BCUT2D eigenvalue weighted by molar-refractivity contribution is 0.260. The summed E-state index contributed by atoms with van der Waals surface area (Å²) in [7, 11) is 3.27. The number of piperidine rings is 1. The number of nitrogens with zero attached hydrogens (tertiary/aromatic N) is 1. The molecule has 4 nitrogen and oxygen atoms in total. The zero-order chi connectivity index (χ0) is 16.9. The standard InChI is InChI=1S/C19H28N2O2/c1-14(2)19(13-20,11-15-6-5-9-21-12-15)16-7-8-17(22-3)18(10-16)23-4/h7-8,10,14-15,21H,5-6,9,11-12H2,1-4H3. The van der Waals surface area contributed by atoms with Crippen molar-refractivity contribution in [2.45, 2.75) is 38.5 Å². The van der Waals surface area contributed by atoms with E-state index in [0.29, 0.717) is 17.4 Å². The monoisotopic (exact) mass is 316 g/mol. The molecule has 1 aliphatic heterocycles. The second-order valence-corrected chi connectivity index (χ2v) is 6.72. The molecule has 1 N–H and O–H groups in total. The third-order valence-electron chi connectivity index (χ3n) is 5.09. The first-order valence-electron chi connectivity index (χ1n) is 8.42. The maximum Gasteiger partial charge on any atom is 0.161 e. The maximum atomic E-state index is 10.1. The van der Waals surface area contributed by atoms with Gasteiger partial charge in [0.05, 0.1) is 25.7 Å². The van der Waals surface area contributed by atoms with Crippen LogP contribution in [0.2, 0.25) is 0 Å². The Labute approximate surface area is 139 Å². The van der Waals surface area contributed by atoms with Crippen LogP contribution in [-0.4, -0.2) is 27.3 Å². The lowest BCUT2D eigenvalue weighted by Crippen LogP contribution is -2.38. The molecule has 0 saturated carbocycles. The first-order valence-corrected chi connectivity index (χ1v) is 8.42. The van der Waals surface area contributed by atoms with Gasteiger partial charge >= 0.3 is 0 Å². The Morgan fingerprint density at radius 1 is 1.30 bits per heavy atom. The van der Waals surface area contributed by atoms with Gasteiger partial charge in [0.1, 0.15) is 0 Å². The fraction of sp³-hybridized carbons (Fsp3) is 0.632. The predicted molar refractivity (Wildman–Crippen MR) is 91.9 cm³/mol. The topological polar surface area (TPSA) is 54.3 Å². The molecule has 1 saturated heterocycles. The molecule has 4 heteroatoms. The highest BCUT2D eigenvalue weighted by molar-refractivity contribution is 5.47. The Bertz CT molecular complexity index is 559. The van der Waals surface area contributed by atoms with Crippen molar-refractivity contribution in [2.75, 3.05) is 27.3 Å². The number of nitriles is 1. The van der Waals surface area contributed by atoms with E-state index in [-0.39, 0.29) is 5.92 Å². The fourth-order valence-corrected chi connectivity index (χ4v) is 3.59. The quantitative estimate of drug-likeness (QED) is 0.872. The van der Waals surface area contributed by atoms with Crippen LogP contribution >= 0.6 is 0 Å². The van der Waals surface area contributed by atoms with Gasteiger partial charge in [-0.3, -0.25) is 0 Å². The van der Waals surface area contributed by atoms with Gasteiger partial charge in [0.15, 0.2) is 11.5 Å². The molecule has 1 fully saturated rings. The van der Waals surface area contributed by atoms with Gasteiger partial charge in [0.25, 0.3) is 0 Å². The molecule has 0 radical (unpaired) electrons. The molecule has 0 amide bonds. The molecule has 1 aromatic rings. The minimum Gasteiger partial charge on any atom is -0.493 e. The number of methoxy groups -OCH3 is 2.